The van der Waals surface area contributed by atoms with Crippen molar-refractivity contribution in [2.75, 3.05) is 0 Å². The van der Waals surface area contributed by atoms with Gasteiger partial charge in [0.05, 0.1) is 5.02 Å². The quantitative estimate of drug-likeness (QED) is 0.505. The first-order chi connectivity index (χ1) is 14.0. The SMILES string of the molecule is Cn1ccnc1[C@H](NC(=O)c1ccc(-c2ccccc2Cl)o1)c1ccc(F)cc1. The van der Waals surface area contributed by atoms with Crippen LogP contribution in [0.2, 0.25) is 5.02 Å². The summed E-state index contributed by atoms with van der Waals surface area (Å²) in [6.45, 7) is 0. The van der Waals surface area contributed by atoms with E-state index in [-0.39, 0.29) is 11.6 Å². The Balaban J connectivity index is 1.63. The minimum Gasteiger partial charge on any atom is -0.451 e. The highest BCUT2D eigenvalue weighted by Crippen LogP contribution is 2.29. The number of halogens is 2. The molecule has 0 fully saturated rings. The summed E-state index contributed by atoms with van der Waals surface area (Å²) in [4.78, 5) is 17.2. The first kappa shape index (κ1) is 19.0. The third-order valence-electron chi connectivity index (χ3n) is 4.56. The number of hydrogen-bond acceptors (Lipinski definition) is 3. The molecule has 0 spiro atoms. The minimum atomic E-state index is -0.572. The van der Waals surface area contributed by atoms with E-state index in [1.807, 2.05) is 25.2 Å². The number of nitrogens with zero attached hydrogens (tertiary/aromatic N) is 2. The van der Waals surface area contributed by atoms with Crippen LogP contribution in [0.15, 0.2) is 77.5 Å². The van der Waals surface area contributed by atoms with Gasteiger partial charge in [-0.3, -0.25) is 4.79 Å². The Kier molecular flexibility index (Phi) is 5.18. The van der Waals surface area contributed by atoms with Crippen LogP contribution in [0.4, 0.5) is 4.39 Å². The normalized spacial score (nSPS) is 12.0. The van der Waals surface area contributed by atoms with Crippen LogP contribution in [0.5, 0.6) is 0 Å². The van der Waals surface area contributed by atoms with E-state index < -0.39 is 11.9 Å². The number of carbonyl (C=O) groups excluding carboxylic acids is 1. The number of imidazole rings is 1. The summed E-state index contributed by atoms with van der Waals surface area (Å²) in [6.07, 6.45) is 3.42. The number of nitrogens with one attached hydrogen (secondary N) is 1. The molecule has 0 aliphatic rings. The average molecular weight is 410 g/mol. The maximum atomic E-state index is 13.4. The molecule has 0 radical (unpaired) electrons. The fourth-order valence-corrected chi connectivity index (χ4v) is 3.30. The first-order valence-electron chi connectivity index (χ1n) is 8.91. The average Bonchev–Trinajstić information content (AvgIpc) is 3.37. The molecule has 2 heterocycles. The second-order valence-corrected chi connectivity index (χ2v) is 6.91. The molecule has 0 aliphatic carbocycles. The van der Waals surface area contributed by atoms with Gasteiger partial charge in [0, 0.05) is 25.0 Å². The summed E-state index contributed by atoms with van der Waals surface area (Å²) in [5, 5.41) is 3.45. The Labute approximate surface area is 171 Å². The maximum Gasteiger partial charge on any atom is 0.287 e. The highest BCUT2D eigenvalue weighted by molar-refractivity contribution is 6.33. The molecule has 7 heteroatoms. The Morgan fingerprint density at radius 3 is 2.59 bits per heavy atom. The molecule has 0 bridgehead atoms. The van der Waals surface area contributed by atoms with Crippen LogP contribution in [0.1, 0.15) is 28.0 Å². The molecule has 4 rings (SSSR count). The van der Waals surface area contributed by atoms with E-state index in [1.54, 1.807) is 47.3 Å². The van der Waals surface area contributed by atoms with E-state index in [2.05, 4.69) is 10.3 Å². The topological polar surface area (TPSA) is 60.1 Å². The number of aryl methyl sites for hydroxylation is 1. The summed E-state index contributed by atoms with van der Waals surface area (Å²) in [5.74, 6) is 0.481. The van der Waals surface area contributed by atoms with Gasteiger partial charge in [-0.2, -0.15) is 0 Å². The molecule has 1 N–H and O–H groups in total. The van der Waals surface area contributed by atoms with Crippen LogP contribution < -0.4 is 5.32 Å². The molecule has 29 heavy (non-hydrogen) atoms. The molecule has 2 aromatic carbocycles. The number of carbonyl (C=O) groups is 1. The van der Waals surface area contributed by atoms with Crippen LogP contribution in [-0.4, -0.2) is 15.5 Å². The summed E-state index contributed by atoms with van der Waals surface area (Å²) in [6, 6.07) is 15.9. The van der Waals surface area contributed by atoms with Crippen LogP contribution in [0.25, 0.3) is 11.3 Å². The molecule has 0 saturated carbocycles. The Bertz CT molecular complexity index is 1150. The molecular weight excluding hydrogens is 393 g/mol. The van der Waals surface area contributed by atoms with Crippen molar-refractivity contribution in [3.05, 3.63) is 101 Å². The van der Waals surface area contributed by atoms with Gasteiger partial charge in [-0.05, 0) is 42.0 Å². The van der Waals surface area contributed by atoms with Gasteiger partial charge in [0.2, 0.25) is 0 Å². The van der Waals surface area contributed by atoms with Crippen molar-refractivity contribution in [1.82, 2.24) is 14.9 Å². The third-order valence-corrected chi connectivity index (χ3v) is 4.89. The fraction of sp³-hybridized carbons (Fsp3) is 0.0909. The smallest absolute Gasteiger partial charge is 0.287 e. The molecular formula is C22H17ClFN3O2. The lowest BCUT2D eigenvalue weighted by Crippen LogP contribution is -2.30. The van der Waals surface area contributed by atoms with Crippen molar-refractivity contribution < 1.29 is 13.6 Å². The van der Waals surface area contributed by atoms with Gasteiger partial charge < -0.3 is 14.3 Å². The molecule has 1 amide bonds. The van der Waals surface area contributed by atoms with Crippen molar-refractivity contribution in [3.8, 4) is 11.3 Å². The summed E-state index contributed by atoms with van der Waals surface area (Å²) >= 11 is 6.21. The number of furan rings is 1. The van der Waals surface area contributed by atoms with Gasteiger partial charge in [0.25, 0.3) is 5.91 Å². The summed E-state index contributed by atoms with van der Waals surface area (Å²) < 4.78 is 20.9. The lowest BCUT2D eigenvalue weighted by molar-refractivity contribution is 0.0914. The summed E-state index contributed by atoms with van der Waals surface area (Å²) in [7, 11) is 1.83. The maximum absolute atomic E-state index is 13.4. The van der Waals surface area contributed by atoms with Gasteiger partial charge in [0.1, 0.15) is 23.4 Å². The zero-order valence-electron chi connectivity index (χ0n) is 15.5. The van der Waals surface area contributed by atoms with Gasteiger partial charge in [-0.15, -0.1) is 0 Å². The Morgan fingerprint density at radius 1 is 1.14 bits per heavy atom. The number of rotatable bonds is 5. The predicted molar refractivity (Wildman–Crippen MR) is 108 cm³/mol. The molecule has 2 aromatic heterocycles. The zero-order valence-corrected chi connectivity index (χ0v) is 16.2. The molecule has 146 valence electrons. The van der Waals surface area contributed by atoms with E-state index in [4.69, 9.17) is 16.0 Å². The largest absolute Gasteiger partial charge is 0.451 e. The van der Waals surface area contributed by atoms with E-state index in [1.165, 1.54) is 12.1 Å². The Morgan fingerprint density at radius 2 is 1.90 bits per heavy atom. The molecule has 0 saturated heterocycles. The molecule has 4 aromatic rings. The second kappa shape index (κ2) is 7.93. The highest BCUT2D eigenvalue weighted by Gasteiger charge is 2.23. The van der Waals surface area contributed by atoms with Crippen LogP contribution in [0.3, 0.4) is 0 Å². The first-order valence-corrected chi connectivity index (χ1v) is 9.29. The number of benzene rings is 2. The van der Waals surface area contributed by atoms with Crippen molar-refractivity contribution in [1.29, 1.82) is 0 Å². The molecule has 5 nitrogen and oxygen atoms in total. The third kappa shape index (κ3) is 3.93. The lowest BCUT2D eigenvalue weighted by Gasteiger charge is -2.18. The second-order valence-electron chi connectivity index (χ2n) is 6.50. The van der Waals surface area contributed by atoms with E-state index >= 15 is 0 Å². The fourth-order valence-electron chi connectivity index (χ4n) is 3.08. The number of hydrogen-bond donors (Lipinski definition) is 1. The van der Waals surface area contributed by atoms with Crippen molar-refractivity contribution >= 4 is 17.5 Å². The molecule has 1 atom stereocenters. The summed E-state index contributed by atoms with van der Waals surface area (Å²) in [5.41, 5.74) is 1.40. The zero-order chi connectivity index (χ0) is 20.4. The minimum absolute atomic E-state index is 0.140. The van der Waals surface area contributed by atoms with Crippen molar-refractivity contribution in [2.24, 2.45) is 7.05 Å². The standard InChI is InChI=1S/C22H17ClFN3O2/c1-27-13-12-25-21(27)20(14-6-8-15(24)9-7-14)26-22(28)19-11-10-18(29-19)16-4-2-3-5-17(16)23/h2-13,20H,1H3,(H,26,28)/t20-/m1/s1. The highest BCUT2D eigenvalue weighted by atomic mass is 35.5. The molecule has 0 aliphatic heterocycles. The van der Waals surface area contributed by atoms with E-state index in [9.17, 15) is 9.18 Å². The van der Waals surface area contributed by atoms with Crippen LogP contribution in [-0.2, 0) is 7.05 Å². The number of aromatic nitrogens is 2. The Hall–Kier alpha value is -3.38. The van der Waals surface area contributed by atoms with Gasteiger partial charge in [-0.1, -0.05) is 35.9 Å². The van der Waals surface area contributed by atoms with Gasteiger partial charge >= 0.3 is 0 Å². The molecule has 0 unspecified atom stereocenters. The van der Waals surface area contributed by atoms with E-state index in [0.717, 1.165) is 0 Å². The van der Waals surface area contributed by atoms with Crippen LogP contribution in [0, 0.1) is 5.82 Å². The lowest BCUT2D eigenvalue weighted by atomic mass is 10.1. The number of amides is 1. The predicted octanol–water partition coefficient (Wildman–Crippen LogP) is 4.99. The van der Waals surface area contributed by atoms with Gasteiger partial charge in [0.15, 0.2) is 5.76 Å². The van der Waals surface area contributed by atoms with Gasteiger partial charge in [-0.25, -0.2) is 9.37 Å². The van der Waals surface area contributed by atoms with E-state index in [0.29, 0.717) is 27.7 Å². The monoisotopic (exact) mass is 409 g/mol. The van der Waals surface area contributed by atoms with Crippen molar-refractivity contribution in [2.45, 2.75) is 6.04 Å². The van der Waals surface area contributed by atoms with Crippen molar-refractivity contribution in [3.63, 3.8) is 0 Å². The van der Waals surface area contributed by atoms with Crippen LogP contribution >= 0.6 is 11.6 Å².